The average molecular weight is 606 g/mol. The Morgan fingerprint density at radius 3 is 2.40 bits per heavy atom. The Kier molecular flexibility index (Phi) is 8.84. The number of aliphatic hydroxyl groups excluding tert-OH is 1. The topological polar surface area (TPSA) is 90.4 Å². The summed E-state index contributed by atoms with van der Waals surface area (Å²) in [5.41, 5.74) is -0.720. The third-order valence-electron chi connectivity index (χ3n) is 9.54. The molecule has 1 N–H and O–H groups in total. The normalized spacial score (nSPS) is 28.0. The zero-order valence-corrected chi connectivity index (χ0v) is 25.6. The Labute approximate surface area is 258 Å². The lowest BCUT2D eigenvalue weighted by Gasteiger charge is -2.39. The van der Waals surface area contributed by atoms with Gasteiger partial charge in [-0.2, -0.15) is 0 Å². The van der Waals surface area contributed by atoms with Gasteiger partial charge in [0.15, 0.2) is 0 Å². The van der Waals surface area contributed by atoms with Crippen molar-refractivity contribution in [3.8, 4) is 0 Å². The number of likely N-dealkylation sites (N-methyl/N-ethyl adjacent to an activating group) is 1. The van der Waals surface area contributed by atoms with Crippen LogP contribution in [0.15, 0.2) is 79.9 Å². The summed E-state index contributed by atoms with van der Waals surface area (Å²) in [4.78, 5) is 48.3. The van der Waals surface area contributed by atoms with Crippen LogP contribution in [0.5, 0.6) is 0 Å². The molecule has 8 nitrogen and oxygen atoms in total. The molecule has 5 rings (SSSR count). The van der Waals surface area contributed by atoms with E-state index < -0.39 is 35.1 Å². The van der Waals surface area contributed by atoms with Gasteiger partial charge in [0.25, 0.3) is 5.91 Å². The number of fused-ring (bicyclic) bond motifs is 1. The highest BCUT2D eigenvalue weighted by Gasteiger charge is 2.79. The lowest BCUT2D eigenvalue weighted by atomic mass is 9.64. The van der Waals surface area contributed by atoms with Gasteiger partial charge in [0.2, 0.25) is 11.8 Å². The van der Waals surface area contributed by atoms with Gasteiger partial charge < -0.3 is 24.5 Å². The van der Waals surface area contributed by atoms with E-state index in [1.165, 1.54) is 9.80 Å². The standard InChI is InChI=1S/C34H40ClN3O5/c1-5-19-36(4)30(40)27-28-31(41)38(24(22-39)21-23-13-9-8-10-14-23)29(34(28)18-17-33(27,7-3)43-34)32(42)37(20-6-2)26-16-12-11-15-25(26)35/h5-6,8-16,24,27-29,39H,1-2,7,17-22H2,3-4H3/t24-,27+,28+,29?,33-,34?/m1/s1. The van der Waals surface area contributed by atoms with Gasteiger partial charge in [-0.3, -0.25) is 14.4 Å². The molecule has 43 heavy (non-hydrogen) atoms. The highest BCUT2D eigenvalue weighted by atomic mass is 35.5. The van der Waals surface area contributed by atoms with E-state index in [1.807, 2.05) is 37.3 Å². The minimum Gasteiger partial charge on any atom is -0.394 e. The second-order valence-corrected chi connectivity index (χ2v) is 12.2. The van der Waals surface area contributed by atoms with Crippen LogP contribution < -0.4 is 4.90 Å². The van der Waals surface area contributed by atoms with E-state index in [2.05, 4.69) is 13.2 Å². The molecule has 3 heterocycles. The van der Waals surface area contributed by atoms with Crippen molar-refractivity contribution in [2.24, 2.45) is 11.8 Å². The molecular formula is C34H40ClN3O5. The molecule has 3 amide bonds. The predicted octanol–water partition coefficient (Wildman–Crippen LogP) is 4.26. The van der Waals surface area contributed by atoms with Crippen LogP contribution in [0, 0.1) is 11.8 Å². The summed E-state index contributed by atoms with van der Waals surface area (Å²) in [7, 11) is 1.70. The van der Waals surface area contributed by atoms with Crippen molar-refractivity contribution in [3.05, 3.63) is 90.5 Å². The third kappa shape index (κ3) is 4.99. The average Bonchev–Trinajstić information content (AvgIpc) is 3.62. The lowest BCUT2D eigenvalue weighted by molar-refractivity contribution is -0.153. The monoisotopic (exact) mass is 605 g/mol. The largest absolute Gasteiger partial charge is 0.394 e. The van der Waals surface area contributed by atoms with Crippen molar-refractivity contribution < 1.29 is 24.2 Å². The number of benzene rings is 2. The van der Waals surface area contributed by atoms with Crippen molar-refractivity contribution in [2.45, 2.75) is 55.9 Å². The summed E-state index contributed by atoms with van der Waals surface area (Å²) >= 11 is 6.59. The van der Waals surface area contributed by atoms with Crippen molar-refractivity contribution in [1.82, 2.24) is 9.80 Å². The summed E-state index contributed by atoms with van der Waals surface area (Å²) in [5, 5.41) is 11.1. The molecule has 3 aliphatic heterocycles. The van der Waals surface area contributed by atoms with Crippen LogP contribution >= 0.6 is 11.6 Å². The van der Waals surface area contributed by atoms with Gasteiger partial charge in [0.05, 0.1) is 40.8 Å². The van der Waals surface area contributed by atoms with Gasteiger partial charge >= 0.3 is 0 Å². The number of hydrogen-bond acceptors (Lipinski definition) is 5. The number of amides is 3. The van der Waals surface area contributed by atoms with Gasteiger partial charge in [-0.05, 0) is 43.4 Å². The molecule has 6 atom stereocenters. The fourth-order valence-electron chi connectivity index (χ4n) is 7.62. The summed E-state index contributed by atoms with van der Waals surface area (Å²) < 4.78 is 6.93. The SMILES string of the molecule is C=CCN(C)C(=O)[C@@H]1[C@H]2C(=O)N([C@@H](CO)Cc3ccccc3)C(C(=O)N(CC=C)c3ccccc3Cl)C23CC[C@@]1(CC)O3. The van der Waals surface area contributed by atoms with Crippen molar-refractivity contribution in [1.29, 1.82) is 0 Å². The van der Waals surface area contributed by atoms with E-state index >= 15 is 0 Å². The summed E-state index contributed by atoms with van der Waals surface area (Å²) in [5.74, 6) is -2.57. The van der Waals surface area contributed by atoms with Gasteiger partial charge in [-0.25, -0.2) is 0 Å². The maximum atomic E-state index is 14.9. The highest BCUT2D eigenvalue weighted by Crippen LogP contribution is 2.65. The molecule has 2 bridgehead atoms. The first kappa shape index (κ1) is 31.0. The number of anilines is 1. The number of para-hydroxylation sites is 1. The number of rotatable bonds is 12. The molecule has 1 spiro atoms. The molecule has 2 unspecified atom stereocenters. The number of hydrogen-bond donors (Lipinski definition) is 1. The molecule has 0 saturated carbocycles. The molecule has 0 radical (unpaired) electrons. The van der Waals surface area contributed by atoms with Crippen LogP contribution in [-0.2, 0) is 25.5 Å². The summed E-state index contributed by atoms with van der Waals surface area (Å²) in [6, 6.07) is 14.8. The molecule has 2 aromatic rings. The molecule has 9 heteroatoms. The Morgan fingerprint density at radius 2 is 1.77 bits per heavy atom. The smallest absolute Gasteiger partial charge is 0.253 e. The first-order chi connectivity index (χ1) is 20.7. The highest BCUT2D eigenvalue weighted by molar-refractivity contribution is 6.34. The molecule has 0 aliphatic carbocycles. The summed E-state index contributed by atoms with van der Waals surface area (Å²) in [6.45, 7) is 9.71. The van der Waals surface area contributed by atoms with Crippen molar-refractivity contribution >= 4 is 35.0 Å². The second-order valence-electron chi connectivity index (χ2n) is 11.8. The number of halogens is 1. The zero-order valence-electron chi connectivity index (χ0n) is 24.8. The van der Waals surface area contributed by atoms with E-state index in [9.17, 15) is 19.5 Å². The number of carbonyl (C=O) groups excluding carboxylic acids is 3. The van der Waals surface area contributed by atoms with E-state index in [-0.39, 0.29) is 30.9 Å². The summed E-state index contributed by atoms with van der Waals surface area (Å²) in [6.07, 6.45) is 5.09. The van der Waals surface area contributed by atoms with Gasteiger partial charge in [0, 0.05) is 20.1 Å². The molecule has 3 aliphatic rings. The number of carbonyl (C=O) groups is 3. The molecular weight excluding hydrogens is 566 g/mol. The number of ether oxygens (including phenoxy) is 1. The van der Waals surface area contributed by atoms with E-state index in [4.69, 9.17) is 16.3 Å². The van der Waals surface area contributed by atoms with Crippen LogP contribution in [0.1, 0.15) is 31.7 Å². The Morgan fingerprint density at radius 1 is 1.09 bits per heavy atom. The minimum atomic E-state index is -1.25. The van der Waals surface area contributed by atoms with Crippen LogP contribution in [0.4, 0.5) is 5.69 Å². The van der Waals surface area contributed by atoms with Crippen LogP contribution in [0.2, 0.25) is 5.02 Å². The Bertz CT molecular complexity index is 1400. The number of aliphatic hydroxyl groups is 1. The number of nitrogens with zero attached hydrogens (tertiary/aromatic N) is 3. The Hall–Kier alpha value is -3.46. The van der Waals surface area contributed by atoms with E-state index in [0.717, 1.165) is 5.56 Å². The first-order valence-corrected chi connectivity index (χ1v) is 15.3. The van der Waals surface area contributed by atoms with Crippen LogP contribution in [-0.4, -0.2) is 82.7 Å². The maximum absolute atomic E-state index is 14.9. The van der Waals surface area contributed by atoms with Gasteiger partial charge in [-0.15, -0.1) is 13.2 Å². The van der Waals surface area contributed by atoms with Gasteiger partial charge in [-0.1, -0.05) is 73.1 Å². The van der Waals surface area contributed by atoms with Gasteiger partial charge in [0.1, 0.15) is 11.6 Å². The molecule has 2 aromatic carbocycles. The fraction of sp³-hybridized carbons (Fsp3) is 0.441. The van der Waals surface area contributed by atoms with Crippen molar-refractivity contribution in [2.75, 3.05) is 31.6 Å². The van der Waals surface area contributed by atoms with Crippen LogP contribution in [0.3, 0.4) is 0 Å². The molecule has 3 fully saturated rings. The maximum Gasteiger partial charge on any atom is 0.253 e. The quantitative estimate of drug-likeness (QED) is 0.365. The molecule has 228 valence electrons. The fourth-order valence-corrected chi connectivity index (χ4v) is 7.85. The van der Waals surface area contributed by atoms with E-state index in [1.54, 1.807) is 48.4 Å². The van der Waals surface area contributed by atoms with Crippen molar-refractivity contribution in [3.63, 3.8) is 0 Å². The zero-order chi connectivity index (χ0) is 30.9. The molecule has 3 saturated heterocycles. The van der Waals surface area contributed by atoms with Crippen LogP contribution in [0.25, 0.3) is 0 Å². The third-order valence-corrected chi connectivity index (χ3v) is 9.86. The first-order valence-electron chi connectivity index (χ1n) is 14.9. The second kappa shape index (κ2) is 12.3. The Balaban J connectivity index is 1.66. The molecule has 0 aromatic heterocycles. The minimum absolute atomic E-state index is 0.147. The lowest BCUT2D eigenvalue weighted by Crippen LogP contribution is -2.59. The predicted molar refractivity (Wildman–Crippen MR) is 167 cm³/mol. The number of likely N-dealkylation sites (tertiary alicyclic amines) is 1. The van der Waals surface area contributed by atoms with E-state index in [0.29, 0.717) is 42.9 Å².